The molecule has 0 saturated heterocycles. The molecular formula is C12H18OS. The Balaban J connectivity index is 2.30. The van der Waals surface area contributed by atoms with Gasteiger partial charge in [0.2, 0.25) is 0 Å². The second-order valence-corrected chi connectivity index (χ2v) is 5.34. The molecule has 0 amide bonds. The minimum absolute atomic E-state index is 0.218. The van der Waals surface area contributed by atoms with Gasteiger partial charge in [-0.05, 0) is 17.2 Å². The molecule has 1 N–H and O–H groups in total. The van der Waals surface area contributed by atoms with E-state index < -0.39 is 0 Å². The van der Waals surface area contributed by atoms with Gasteiger partial charge in [0.15, 0.2) is 0 Å². The molecule has 0 spiro atoms. The van der Waals surface area contributed by atoms with Crippen LogP contribution < -0.4 is 0 Å². The van der Waals surface area contributed by atoms with Gasteiger partial charge in [-0.1, -0.05) is 44.2 Å². The third kappa shape index (κ3) is 4.68. The van der Waals surface area contributed by atoms with Crippen molar-refractivity contribution < 1.29 is 5.11 Å². The monoisotopic (exact) mass is 210 g/mol. The Hall–Kier alpha value is -0.470. The Bertz CT molecular complexity index is 246. The Morgan fingerprint density at radius 2 is 1.86 bits per heavy atom. The lowest BCUT2D eigenvalue weighted by Gasteiger charge is -2.11. The number of aliphatic hydroxyl groups excluding tert-OH is 1. The second kappa shape index (κ2) is 6.10. The highest BCUT2D eigenvalue weighted by molar-refractivity contribution is 7.99. The first-order valence-corrected chi connectivity index (χ1v) is 6.07. The highest BCUT2D eigenvalue weighted by atomic mass is 32.2. The van der Waals surface area contributed by atoms with E-state index in [1.54, 1.807) is 0 Å². The van der Waals surface area contributed by atoms with E-state index in [2.05, 4.69) is 26.0 Å². The van der Waals surface area contributed by atoms with E-state index in [1.807, 2.05) is 30.0 Å². The second-order valence-electron chi connectivity index (χ2n) is 3.73. The molecule has 0 aliphatic rings. The minimum atomic E-state index is -0.218. The molecule has 0 aromatic heterocycles. The topological polar surface area (TPSA) is 20.2 Å². The maximum absolute atomic E-state index is 9.73. The molecule has 0 saturated carbocycles. The van der Waals surface area contributed by atoms with Gasteiger partial charge in [-0.25, -0.2) is 0 Å². The van der Waals surface area contributed by atoms with Crippen molar-refractivity contribution in [2.24, 2.45) is 0 Å². The maximum Gasteiger partial charge on any atom is 0.0670 e. The number of rotatable bonds is 5. The molecule has 0 bridgehead atoms. The van der Waals surface area contributed by atoms with Crippen LogP contribution in [0.4, 0.5) is 0 Å². The number of hydrogen-bond acceptors (Lipinski definition) is 2. The van der Waals surface area contributed by atoms with Crippen LogP contribution in [-0.2, 0) is 6.42 Å². The predicted octanol–water partition coefficient (Wildman–Crippen LogP) is 2.73. The van der Waals surface area contributed by atoms with Crippen molar-refractivity contribution in [3.05, 3.63) is 35.9 Å². The van der Waals surface area contributed by atoms with Gasteiger partial charge in [-0.2, -0.15) is 11.8 Å². The summed E-state index contributed by atoms with van der Waals surface area (Å²) in [6.07, 6.45) is 0.547. The standard InChI is InChI=1S/C12H18OS/c1-10(2)14-9-12(13)8-11-6-4-3-5-7-11/h3-7,10,12-13H,8-9H2,1-2H3. The summed E-state index contributed by atoms with van der Waals surface area (Å²) in [5, 5.41) is 10.3. The van der Waals surface area contributed by atoms with Crippen molar-refractivity contribution in [3.63, 3.8) is 0 Å². The lowest BCUT2D eigenvalue weighted by molar-refractivity contribution is 0.200. The first kappa shape index (κ1) is 11.6. The summed E-state index contributed by atoms with van der Waals surface area (Å²) in [5.74, 6) is 0.826. The van der Waals surface area contributed by atoms with Gasteiger partial charge in [0.05, 0.1) is 6.10 Å². The molecule has 0 radical (unpaired) electrons. The van der Waals surface area contributed by atoms with Crippen molar-refractivity contribution in [2.75, 3.05) is 5.75 Å². The fourth-order valence-corrected chi connectivity index (χ4v) is 1.97. The summed E-state index contributed by atoms with van der Waals surface area (Å²) in [5.41, 5.74) is 1.21. The fourth-order valence-electron chi connectivity index (χ4n) is 1.25. The highest BCUT2D eigenvalue weighted by Gasteiger charge is 2.06. The maximum atomic E-state index is 9.73. The van der Waals surface area contributed by atoms with E-state index in [4.69, 9.17) is 0 Å². The zero-order chi connectivity index (χ0) is 10.4. The van der Waals surface area contributed by atoms with Crippen molar-refractivity contribution in [2.45, 2.75) is 31.6 Å². The van der Waals surface area contributed by atoms with Crippen LogP contribution in [0.2, 0.25) is 0 Å². The summed E-state index contributed by atoms with van der Waals surface area (Å²) in [4.78, 5) is 0. The number of aliphatic hydroxyl groups is 1. The van der Waals surface area contributed by atoms with Crippen LogP contribution >= 0.6 is 11.8 Å². The van der Waals surface area contributed by atoms with Gasteiger partial charge in [0.1, 0.15) is 0 Å². The summed E-state index contributed by atoms with van der Waals surface area (Å²) in [7, 11) is 0. The molecule has 0 aliphatic carbocycles. The van der Waals surface area contributed by atoms with Gasteiger partial charge in [0, 0.05) is 5.75 Å². The molecule has 1 rings (SSSR count). The van der Waals surface area contributed by atoms with Crippen molar-refractivity contribution in [1.82, 2.24) is 0 Å². The quantitative estimate of drug-likeness (QED) is 0.806. The fraction of sp³-hybridized carbons (Fsp3) is 0.500. The van der Waals surface area contributed by atoms with Gasteiger partial charge < -0.3 is 5.11 Å². The molecular weight excluding hydrogens is 192 g/mol. The molecule has 14 heavy (non-hydrogen) atoms. The third-order valence-corrected chi connectivity index (χ3v) is 3.18. The minimum Gasteiger partial charge on any atom is -0.392 e. The largest absolute Gasteiger partial charge is 0.392 e. The van der Waals surface area contributed by atoms with Crippen molar-refractivity contribution in [3.8, 4) is 0 Å². The zero-order valence-electron chi connectivity index (χ0n) is 8.81. The van der Waals surface area contributed by atoms with Gasteiger partial charge in [0.25, 0.3) is 0 Å². The summed E-state index contributed by atoms with van der Waals surface area (Å²) >= 11 is 1.81. The molecule has 0 fully saturated rings. The van der Waals surface area contributed by atoms with Gasteiger partial charge >= 0.3 is 0 Å². The van der Waals surface area contributed by atoms with Crippen LogP contribution in [0.25, 0.3) is 0 Å². The van der Waals surface area contributed by atoms with E-state index in [0.717, 1.165) is 12.2 Å². The normalized spacial score (nSPS) is 13.1. The molecule has 78 valence electrons. The average Bonchev–Trinajstić information content (AvgIpc) is 2.16. The van der Waals surface area contributed by atoms with E-state index in [-0.39, 0.29) is 6.10 Å². The Kier molecular flexibility index (Phi) is 5.05. The smallest absolute Gasteiger partial charge is 0.0670 e. The molecule has 2 heteroatoms. The lowest BCUT2D eigenvalue weighted by Crippen LogP contribution is -2.14. The molecule has 0 aliphatic heterocycles. The SMILES string of the molecule is CC(C)SCC(O)Cc1ccccc1. The van der Waals surface area contributed by atoms with Crippen LogP contribution in [0.15, 0.2) is 30.3 Å². The number of thioether (sulfide) groups is 1. The predicted molar refractivity (Wildman–Crippen MR) is 63.7 cm³/mol. The first-order chi connectivity index (χ1) is 6.68. The highest BCUT2D eigenvalue weighted by Crippen LogP contribution is 2.13. The van der Waals surface area contributed by atoms with Gasteiger partial charge in [-0.3, -0.25) is 0 Å². The molecule has 0 heterocycles. The van der Waals surface area contributed by atoms with E-state index in [9.17, 15) is 5.11 Å². The first-order valence-electron chi connectivity index (χ1n) is 5.02. The number of hydrogen-bond donors (Lipinski definition) is 1. The molecule has 1 aromatic carbocycles. The molecule has 1 aromatic rings. The summed E-state index contributed by atoms with van der Waals surface area (Å²) in [6, 6.07) is 10.1. The zero-order valence-corrected chi connectivity index (χ0v) is 9.63. The van der Waals surface area contributed by atoms with Crippen LogP contribution in [-0.4, -0.2) is 22.2 Å². The average molecular weight is 210 g/mol. The van der Waals surface area contributed by atoms with E-state index >= 15 is 0 Å². The van der Waals surface area contributed by atoms with E-state index in [0.29, 0.717) is 5.25 Å². The summed E-state index contributed by atoms with van der Waals surface area (Å²) in [6.45, 7) is 4.31. The lowest BCUT2D eigenvalue weighted by atomic mass is 10.1. The molecule has 1 atom stereocenters. The van der Waals surface area contributed by atoms with Crippen molar-refractivity contribution in [1.29, 1.82) is 0 Å². The number of benzene rings is 1. The van der Waals surface area contributed by atoms with Crippen LogP contribution in [0, 0.1) is 0 Å². The van der Waals surface area contributed by atoms with Crippen LogP contribution in [0.1, 0.15) is 19.4 Å². The van der Waals surface area contributed by atoms with Crippen molar-refractivity contribution >= 4 is 11.8 Å². The summed E-state index contributed by atoms with van der Waals surface area (Å²) < 4.78 is 0. The molecule has 1 unspecified atom stereocenters. The van der Waals surface area contributed by atoms with Crippen LogP contribution in [0.3, 0.4) is 0 Å². The Morgan fingerprint density at radius 3 is 2.43 bits per heavy atom. The Morgan fingerprint density at radius 1 is 1.21 bits per heavy atom. The van der Waals surface area contributed by atoms with E-state index in [1.165, 1.54) is 5.56 Å². The van der Waals surface area contributed by atoms with Crippen LogP contribution in [0.5, 0.6) is 0 Å². The Labute approximate surface area is 90.5 Å². The third-order valence-electron chi connectivity index (χ3n) is 1.94. The van der Waals surface area contributed by atoms with Gasteiger partial charge in [-0.15, -0.1) is 0 Å². The molecule has 1 nitrogen and oxygen atoms in total.